The van der Waals surface area contributed by atoms with Gasteiger partial charge in [-0.25, -0.2) is 5.01 Å². The molecule has 0 saturated heterocycles. The maximum Gasteiger partial charge on any atom is 0.303 e. The van der Waals surface area contributed by atoms with Crippen molar-refractivity contribution in [3.05, 3.63) is 53.6 Å². The Morgan fingerprint density at radius 3 is 2.13 bits per heavy atom. The number of amides is 1. The van der Waals surface area contributed by atoms with Crippen molar-refractivity contribution in [2.45, 2.75) is 31.7 Å². The molecule has 0 fully saturated rings. The summed E-state index contributed by atoms with van der Waals surface area (Å²) in [7, 11) is 4.75. The van der Waals surface area contributed by atoms with Crippen LogP contribution in [0.2, 0.25) is 0 Å². The Morgan fingerprint density at radius 1 is 0.968 bits per heavy atom. The smallest absolute Gasteiger partial charge is 0.303 e. The van der Waals surface area contributed by atoms with E-state index in [1.165, 1.54) is 5.01 Å². The molecule has 164 valence electrons. The Labute approximate surface area is 181 Å². The highest BCUT2D eigenvalue weighted by Crippen LogP contribution is 2.35. The van der Waals surface area contributed by atoms with Crippen LogP contribution in [0.5, 0.6) is 17.2 Å². The van der Waals surface area contributed by atoms with Gasteiger partial charge in [0.15, 0.2) is 0 Å². The molecule has 2 aromatic rings. The van der Waals surface area contributed by atoms with Crippen LogP contribution >= 0.6 is 0 Å². The molecule has 3 rings (SSSR count). The lowest BCUT2D eigenvalue weighted by Gasteiger charge is -2.22. The molecule has 1 atom stereocenters. The van der Waals surface area contributed by atoms with E-state index in [-0.39, 0.29) is 31.2 Å². The van der Waals surface area contributed by atoms with Crippen LogP contribution in [0.1, 0.15) is 42.9 Å². The topological polar surface area (TPSA) is 97.7 Å². The first-order valence-corrected chi connectivity index (χ1v) is 9.94. The second-order valence-electron chi connectivity index (χ2n) is 7.13. The second-order valence-corrected chi connectivity index (χ2v) is 7.13. The summed E-state index contributed by atoms with van der Waals surface area (Å²) in [6.45, 7) is 0. The van der Waals surface area contributed by atoms with Gasteiger partial charge in [0, 0.05) is 30.9 Å². The lowest BCUT2D eigenvalue weighted by Crippen LogP contribution is -2.27. The van der Waals surface area contributed by atoms with E-state index in [0.717, 1.165) is 22.6 Å². The molecule has 0 spiro atoms. The summed E-state index contributed by atoms with van der Waals surface area (Å²) >= 11 is 0. The highest BCUT2D eigenvalue weighted by Gasteiger charge is 2.33. The minimum Gasteiger partial charge on any atom is -0.497 e. The van der Waals surface area contributed by atoms with Gasteiger partial charge in [0.1, 0.15) is 17.2 Å². The molecule has 0 aromatic heterocycles. The number of hydrogen-bond acceptors (Lipinski definition) is 6. The van der Waals surface area contributed by atoms with Gasteiger partial charge in [-0.15, -0.1) is 0 Å². The monoisotopic (exact) mass is 426 g/mol. The van der Waals surface area contributed by atoms with Crippen molar-refractivity contribution in [2.75, 3.05) is 21.3 Å². The maximum absolute atomic E-state index is 12.9. The number of ether oxygens (including phenoxy) is 3. The van der Waals surface area contributed by atoms with Crippen LogP contribution < -0.4 is 14.2 Å². The number of aliphatic carboxylic acids is 1. The van der Waals surface area contributed by atoms with Gasteiger partial charge in [-0.1, -0.05) is 12.1 Å². The zero-order valence-electron chi connectivity index (χ0n) is 17.8. The summed E-state index contributed by atoms with van der Waals surface area (Å²) in [6.07, 6.45) is 0.818. The largest absolute Gasteiger partial charge is 0.497 e. The molecule has 0 radical (unpaired) electrons. The van der Waals surface area contributed by atoms with E-state index in [1.54, 1.807) is 27.4 Å². The number of carbonyl (C=O) groups is 2. The van der Waals surface area contributed by atoms with Crippen LogP contribution in [0.3, 0.4) is 0 Å². The molecule has 8 nitrogen and oxygen atoms in total. The van der Waals surface area contributed by atoms with Crippen molar-refractivity contribution in [3.63, 3.8) is 0 Å². The molecule has 0 aliphatic carbocycles. The predicted octanol–water partition coefficient (Wildman–Crippen LogP) is 3.65. The van der Waals surface area contributed by atoms with Gasteiger partial charge in [-0.05, 0) is 36.2 Å². The molecular weight excluding hydrogens is 400 g/mol. The van der Waals surface area contributed by atoms with E-state index in [2.05, 4.69) is 5.10 Å². The Bertz CT molecular complexity index is 948. The molecule has 1 amide bonds. The summed E-state index contributed by atoms with van der Waals surface area (Å²) in [5, 5.41) is 15.0. The molecule has 1 aliphatic rings. The van der Waals surface area contributed by atoms with E-state index in [0.29, 0.717) is 17.9 Å². The number of carbonyl (C=O) groups excluding carboxylic acids is 1. The number of nitrogens with zero attached hydrogens (tertiary/aromatic N) is 2. The quantitative estimate of drug-likeness (QED) is 0.657. The lowest BCUT2D eigenvalue weighted by molar-refractivity contribution is -0.137. The molecule has 0 bridgehead atoms. The minimum absolute atomic E-state index is 0.0591. The number of carboxylic acids is 1. The molecule has 1 N–H and O–H groups in total. The summed E-state index contributed by atoms with van der Waals surface area (Å²) in [5.41, 5.74) is 2.45. The zero-order chi connectivity index (χ0) is 22.4. The van der Waals surface area contributed by atoms with Gasteiger partial charge in [0.05, 0.1) is 33.1 Å². The number of carboxylic acid groups (broad SMARTS) is 1. The van der Waals surface area contributed by atoms with Crippen molar-refractivity contribution in [3.8, 4) is 17.2 Å². The third-order valence-electron chi connectivity index (χ3n) is 5.13. The van der Waals surface area contributed by atoms with Crippen LogP contribution in [-0.4, -0.2) is 49.0 Å². The highest BCUT2D eigenvalue weighted by atomic mass is 16.5. The Morgan fingerprint density at radius 2 is 1.58 bits per heavy atom. The molecule has 1 unspecified atom stereocenters. The van der Waals surface area contributed by atoms with Crippen LogP contribution in [0, 0.1) is 0 Å². The normalized spacial score (nSPS) is 15.4. The first kappa shape index (κ1) is 22.1. The standard InChI is InChI=1S/C23H26N2O6/c1-29-17-9-7-15(8-10-17)21-14-20(16-11-18(30-2)13-19(12-16)31-3)24-25(21)22(26)5-4-6-23(27)28/h7-13,21H,4-6,14H2,1-3H3,(H,27,28). The third kappa shape index (κ3) is 5.33. The highest BCUT2D eigenvalue weighted by molar-refractivity contribution is 6.03. The van der Waals surface area contributed by atoms with Crippen LogP contribution in [0.25, 0.3) is 0 Å². The predicted molar refractivity (Wildman–Crippen MR) is 115 cm³/mol. The second kappa shape index (κ2) is 9.97. The average Bonchev–Trinajstić information content (AvgIpc) is 3.24. The lowest BCUT2D eigenvalue weighted by atomic mass is 9.98. The maximum atomic E-state index is 12.9. The van der Waals surface area contributed by atoms with Crippen molar-refractivity contribution in [1.82, 2.24) is 5.01 Å². The first-order valence-electron chi connectivity index (χ1n) is 9.94. The van der Waals surface area contributed by atoms with E-state index >= 15 is 0 Å². The number of hydrazone groups is 1. The SMILES string of the molecule is COc1ccc(C2CC(c3cc(OC)cc(OC)c3)=NN2C(=O)CCCC(=O)O)cc1. The Hall–Kier alpha value is -3.55. The van der Waals surface area contributed by atoms with Gasteiger partial charge in [0.2, 0.25) is 5.91 Å². The fourth-order valence-corrected chi connectivity index (χ4v) is 3.48. The molecule has 8 heteroatoms. The minimum atomic E-state index is -0.923. The molecule has 1 aliphatic heterocycles. The Balaban J connectivity index is 1.92. The fraction of sp³-hybridized carbons (Fsp3) is 0.348. The van der Waals surface area contributed by atoms with E-state index in [1.807, 2.05) is 36.4 Å². The summed E-state index contributed by atoms with van der Waals surface area (Å²) in [6, 6.07) is 12.7. The third-order valence-corrected chi connectivity index (χ3v) is 5.13. The zero-order valence-corrected chi connectivity index (χ0v) is 17.8. The van der Waals surface area contributed by atoms with Crippen LogP contribution in [0.15, 0.2) is 47.6 Å². The Kier molecular flexibility index (Phi) is 7.12. The first-order chi connectivity index (χ1) is 14.9. The number of hydrogen-bond donors (Lipinski definition) is 1. The molecule has 31 heavy (non-hydrogen) atoms. The van der Waals surface area contributed by atoms with Crippen molar-refractivity contribution in [2.24, 2.45) is 5.10 Å². The summed E-state index contributed by atoms with van der Waals surface area (Å²) in [4.78, 5) is 23.7. The fourth-order valence-electron chi connectivity index (χ4n) is 3.48. The average molecular weight is 426 g/mol. The summed E-state index contributed by atoms with van der Waals surface area (Å²) in [5.74, 6) is 0.842. The van der Waals surface area contributed by atoms with Gasteiger partial charge >= 0.3 is 5.97 Å². The number of benzene rings is 2. The molecule has 2 aromatic carbocycles. The van der Waals surface area contributed by atoms with E-state index in [9.17, 15) is 9.59 Å². The van der Waals surface area contributed by atoms with Gasteiger partial charge < -0.3 is 19.3 Å². The molecular formula is C23H26N2O6. The molecule has 1 heterocycles. The van der Waals surface area contributed by atoms with Crippen molar-refractivity contribution >= 4 is 17.6 Å². The van der Waals surface area contributed by atoms with E-state index < -0.39 is 5.97 Å². The van der Waals surface area contributed by atoms with Crippen LogP contribution in [0.4, 0.5) is 0 Å². The van der Waals surface area contributed by atoms with Crippen LogP contribution in [-0.2, 0) is 9.59 Å². The van der Waals surface area contributed by atoms with Crippen molar-refractivity contribution in [1.29, 1.82) is 0 Å². The number of methoxy groups -OCH3 is 3. The molecule has 0 saturated carbocycles. The van der Waals surface area contributed by atoms with Gasteiger partial charge in [0.25, 0.3) is 0 Å². The number of rotatable bonds is 9. The summed E-state index contributed by atoms with van der Waals surface area (Å²) < 4.78 is 15.9. The van der Waals surface area contributed by atoms with E-state index in [4.69, 9.17) is 19.3 Å². The van der Waals surface area contributed by atoms with Gasteiger partial charge in [-0.2, -0.15) is 5.10 Å². The van der Waals surface area contributed by atoms with Crippen molar-refractivity contribution < 1.29 is 28.9 Å². The van der Waals surface area contributed by atoms with Gasteiger partial charge in [-0.3, -0.25) is 9.59 Å².